The van der Waals surface area contributed by atoms with Crippen LogP contribution in [0.15, 0.2) is 24.3 Å². The van der Waals surface area contributed by atoms with E-state index in [0.717, 1.165) is 0 Å². The highest BCUT2D eigenvalue weighted by molar-refractivity contribution is 5.92. The number of amides is 2. The third-order valence-electron chi connectivity index (χ3n) is 2.34. The van der Waals surface area contributed by atoms with Crippen molar-refractivity contribution in [3.05, 3.63) is 24.3 Å². The van der Waals surface area contributed by atoms with E-state index in [1.807, 2.05) is 0 Å². The average Bonchev–Trinajstić information content (AvgIpc) is 2.04. The highest BCUT2D eigenvalue weighted by Gasteiger charge is 2.40. The van der Waals surface area contributed by atoms with Crippen molar-refractivity contribution in [1.82, 2.24) is 0 Å². The number of allylic oxidation sites excluding steroid dienone is 2. The van der Waals surface area contributed by atoms with Gasteiger partial charge in [-0.3, -0.25) is 9.59 Å². The minimum Gasteiger partial charge on any atom is -0.369 e. The fourth-order valence-electron chi connectivity index (χ4n) is 1.36. The molecule has 4 nitrogen and oxygen atoms in total. The number of hydrogen-bond donors (Lipinski definition) is 2. The van der Waals surface area contributed by atoms with Gasteiger partial charge in [-0.15, -0.1) is 0 Å². The third-order valence-corrected chi connectivity index (χ3v) is 2.34. The molecule has 0 heterocycles. The van der Waals surface area contributed by atoms with Gasteiger partial charge in [0.05, 0.1) is 11.3 Å². The van der Waals surface area contributed by atoms with Crippen LogP contribution in [0.4, 0.5) is 0 Å². The smallest absolute Gasteiger partial charge is 0.228 e. The van der Waals surface area contributed by atoms with Crippen LogP contribution in [-0.4, -0.2) is 11.8 Å². The van der Waals surface area contributed by atoms with Crippen molar-refractivity contribution >= 4 is 11.8 Å². The maximum atomic E-state index is 11.1. The Bertz CT molecular complexity index is 307. The van der Waals surface area contributed by atoms with E-state index in [-0.39, 0.29) is 0 Å². The Morgan fingerprint density at radius 3 is 2.31 bits per heavy atom. The van der Waals surface area contributed by atoms with Gasteiger partial charge in [0.25, 0.3) is 0 Å². The van der Waals surface area contributed by atoms with Gasteiger partial charge in [-0.25, -0.2) is 0 Å². The maximum absolute atomic E-state index is 11.1. The van der Waals surface area contributed by atoms with Crippen LogP contribution >= 0.6 is 0 Å². The van der Waals surface area contributed by atoms with E-state index in [1.54, 1.807) is 31.2 Å². The number of hydrogen-bond acceptors (Lipinski definition) is 2. The normalized spacial score (nSPS) is 31.6. The first-order valence-corrected chi connectivity index (χ1v) is 3.93. The molecule has 0 aromatic heterocycles. The number of primary amides is 2. The van der Waals surface area contributed by atoms with Crippen LogP contribution in [0, 0.1) is 11.3 Å². The van der Waals surface area contributed by atoms with Crippen molar-refractivity contribution in [2.24, 2.45) is 22.8 Å². The minimum absolute atomic E-state index is 0.540. The largest absolute Gasteiger partial charge is 0.369 e. The second-order valence-corrected chi connectivity index (χ2v) is 3.27. The van der Waals surface area contributed by atoms with Crippen molar-refractivity contribution in [3.8, 4) is 0 Å². The Hall–Kier alpha value is -1.58. The van der Waals surface area contributed by atoms with Crippen molar-refractivity contribution in [3.63, 3.8) is 0 Å². The SMILES string of the molecule is CC1(C(N)=O)C=CC=CC1C(N)=O. The van der Waals surface area contributed by atoms with Crippen LogP contribution in [0.1, 0.15) is 6.92 Å². The molecule has 0 saturated carbocycles. The first-order chi connectivity index (χ1) is 5.98. The summed E-state index contributed by atoms with van der Waals surface area (Å²) in [7, 11) is 0. The lowest BCUT2D eigenvalue weighted by Crippen LogP contribution is -2.45. The summed E-state index contributed by atoms with van der Waals surface area (Å²) in [6.45, 7) is 1.60. The standard InChI is InChI=1S/C9H12N2O2/c1-9(8(11)13)5-3-2-4-6(9)7(10)12/h2-6H,1H3,(H2,10,12)(H2,11,13). The Morgan fingerprint density at radius 1 is 1.31 bits per heavy atom. The summed E-state index contributed by atoms with van der Waals surface area (Å²) in [6, 6.07) is 0. The number of carbonyl (C=O) groups is 2. The van der Waals surface area contributed by atoms with Gasteiger partial charge in [-0.2, -0.15) is 0 Å². The molecule has 0 saturated heterocycles. The molecule has 1 aliphatic carbocycles. The lowest BCUT2D eigenvalue weighted by atomic mass is 9.73. The van der Waals surface area contributed by atoms with E-state index in [4.69, 9.17) is 11.5 Å². The first-order valence-electron chi connectivity index (χ1n) is 3.93. The van der Waals surface area contributed by atoms with E-state index in [1.165, 1.54) is 0 Å². The quantitative estimate of drug-likeness (QED) is 0.611. The predicted octanol–water partition coefficient (Wildman–Crippen LogP) is -0.294. The number of carbonyl (C=O) groups excluding carboxylic acids is 2. The van der Waals surface area contributed by atoms with Crippen molar-refractivity contribution in [2.45, 2.75) is 6.92 Å². The van der Waals surface area contributed by atoms with Gasteiger partial charge >= 0.3 is 0 Å². The molecule has 2 amide bonds. The Balaban J connectivity index is 3.07. The van der Waals surface area contributed by atoms with Crippen molar-refractivity contribution in [1.29, 1.82) is 0 Å². The molecule has 13 heavy (non-hydrogen) atoms. The van der Waals surface area contributed by atoms with Gasteiger partial charge in [0.2, 0.25) is 11.8 Å². The highest BCUT2D eigenvalue weighted by atomic mass is 16.2. The number of nitrogens with two attached hydrogens (primary N) is 2. The molecule has 4 N–H and O–H groups in total. The predicted molar refractivity (Wildman–Crippen MR) is 48.3 cm³/mol. The molecule has 1 aliphatic rings. The second kappa shape index (κ2) is 3.05. The van der Waals surface area contributed by atoms with Gasteiger partial charge in [0, 0.05) is 0 Å². The van der Waals surface area contributed by atoms with Crippen molar-refractivity contribution < 1.29 is 9.59 Å². The second-order valence-electron chi connectivity index (χ2n) is 3.27. The van der Waals surface area contributed by atoms with Gasteiger partial charge in [0.1, 0.15) is 0 Å². The zero-order valence-corrected chi connectivity index (χ0v) is 7.36. The Morgan fingerprint density at radius 2 is 1.92 bits per heavy atom. The number of rotatable bonds is 2. The summed E-state index contributed by atoms with van der Waals surface area (Å²) in [5, 5.41) is 0. The molecule has 4 heteroatoms. The molecule has 0 aromatic carbocycles. The summed E-state index contributed by atoms with van der Waals surface area (Å²) in [4.78, 5) is 22.1. The lowest BCUT2D eigenvalue weighted by molar-refractivity contribution is -0.133. The van der Waals surface area contributed by atoms with Crippen LogP contribution < -0.4 is 11.5 Å². The monoisotopic (exact) mass is 180 g/mol. The summed E-state index contributed by atoms with van der Waals surface area (Å²) < 4.78 is 0. The zero-order chi connectivity index (χ0) is 10.1. The minimum atomic E-state index is -0.986. The van der Waals surface area contributed by atoms with E-state index >= 15 is 0 Å². The first kappa shape index (κ1) is 9.51. The van der Waals surface area contributed by atoms with Gasteiger partial charge < -0.3 is 11.5 Å². The summed E-state index contributed by atoms with van der Waals surface area (Å²) in [5.41, 5.74) is 9.36. The van der Waals surface area contributed by atoms with E-state index in [2.05, 4.69) is 0 Å². The van der Waals surface area contributed by atoms with Gasteiger partial charge in [0.15, 0.2) is 0 Å². The Labute approximate surface area is 76.3 Å². The van der Waals surface area contributed by atoms with Crippen LogP contribution in [0.3, 0.4) is 0 Å². The molecular formula is C9H12N2O2. The lowest BCUT2D eigenvalue weighted by Gasteiger charge is -2.29. The fraction of sp³-hybridized carbons (Fsp3) is 0.333. The van der Waals surface area contributed by atoms with Gasteiger partial charge in [-0.05, 0) is 6.92 Å². The molecule has 2 unspecified atom stereocenters. The van der Waals surface area contributed by atoms with E-state index < -0.39 is 23.1 Å². The van der Waals surface area contributed by atoms with E-state index in [9.17, 15) is 9.59 Å². The summed E-state index contributed by atoms with van der Waals surface area (Å²) in [6.07, 6.45) is 6.56. The summed E-state index contributed by atoms with van der Waals surface area (Å²) in [5.74, 6) is -1.73. The highest BCUT2D eigenvalue weighted by Crippen LogP contribution is 2.32. The summed E-state index contributed by atoms with van der Waals surface area (Å²) >= 11 is 0. The molecule has 0 spiro atoms. The molecular weight excluding hydrogens is 168 g/mol. The zero-order valence-electron chi connectivity index (χ0n) is 7.36. The average molecular weight is 180 g/mol. The van der Waals surface area contributed by atoms with Crippen LogP contribution in [-0.2, 0) is 9.59 Å². The van der Waals surface area contributed by atoms with Gasteiger partial charge in [-0.1, -0.05) is 24.3 Å². The maximum Gasteiger partial charge on any atom is 0.228 e. The molecule has 0 aromatic rings. The van der Waals surface area contributed by atoms with Crippen LogP contribution in [0.2, 0.25) is 0 Å². The van der Waals surface area contributed by atoms with Crippen LogP contribution in [0.5, 0.6) is 0 Å². The molecule has 0 fully saturated rings. The molecule has 70 valence electrons. The third kappa shape index (κ3) is 1.47. The molecule has 2 atom stereocenters. The van der Waals surface area contributed by atoms with Crippen LogP contribution in [0.25, 0.3) is 0 Å². The van der Waals surface area contributed by atoms with E-state index in [0.29, 0.717) is 0 Å². The topological polar surface area (TPSA) is 86.2 Å². The van der Waals surface area contributed by atoms with Crippen molar-refractivity contribution in [2.75, 3.05) is 0 Å². The molecule has 0 radical (unpaired) electrons. The molecule has 0 aliphatic heterocycles. The fourth-order valence-corrected chi connectivity index (χ4v) is 1.36. The Kier molecular flexibility index (Phi) is 2.23. The molecule has 1 rings (SSSR count). The molecule has 0 bridgehead atoms.